The molecular weight excluding hydrogens is 368 g/mol. The molecule has 0 fully saturated rings. The van der Waals surface area contributed by atoms with Gasteiger partial charge in [-0.1, -0.05) is 32.0 Å². The predicted octanol–water partition coefficient (Wildman–Crippen LogP) is 3.89. The van der Waals surface area contributed by atoms with Gasteiger partial charge in [-0.25, -0.2) is 0 Å². The molecule has 6 nitrogen and oxygen atoms in total. The Labute approximate surface area is 172 Å². The molecule has 1 N–H and O–H groups in total. The first-order valence-corrected chi connectivity index (χ1v) is 9.71. The van der Waals surface area contributed by atoms with E-state index in [1.807, 2.05) is 36.4 Å². The van der Waals surface area contributed by atoms with Gasteiger partial charge in [0.15, 0.2) is 11.5 Å². The average molecular weight is 399 g/mol. The molecule has 0 atom stereocenters. The zero-order chi connectivity index (χ0) is 21.4. The third kappa shape index (κ3) is 6.24. The third-order valence-electron chi connectivity index (χ3n) is 4.75. The monoisotopic (exact) mass is 398 g/mol. The number of ether oxygens (including phenoxy) is 2. The molecule has 0 aliphatic carbocycles. The number of nitrogens with one attached hydrogen (secondary N) is 1. The summed E-state index contributed by atoms with van der Waals surface area (Å²) in [7, 11) is 3.15. The van der Waals surface area contributed by atoms with Crippen LogP contribution in [0.15, 0.2) is 42.5 Å². The fraction of sp³-hybridized carbons (Fsp3) is 0.391. The standard InChI is InChI=1S/C23H30N2O4/c1-16(2)19-7-9-20(10-8-19)25(17(3)26)13-12-23(27)24-15-18-6-11-21(28-4)22(14-18)29-5/h6-11,14,16H,12-13,15H2,1-5H3,(H,24,27). The van der Waals surface area contributed by atoms with Gasteiger partial charge in [-0.3, -0.25) is 9.59 Å². The largest absolute Gasteiger partial charge is 0.493 e. The Bertz CT molecular complexity index is 831. The molecule has 2 amide bonds. The second-order valence-corrected chi connectivity index (χ2v) is 7.13. The molecule has 2 rings (SSSR count). The smallest absolute Gasteiger partial charge is 0.223 e. The fourth-order valence-electron chi connectivity index (χ4n) is 3.00. The molecule has 0 saturated carbocycles. The molecule has 156 valence electrons. The number of carbonyl (C=O) groups excluding carboxylic acids is 2. The first kappa shape index (κ1) is 22.3. The lowest BCUT2D eigenvalue weighted by Crippen LogP contribution is -2.33. The van der Waals surface area contributed by atoms with Crippen LogP contribution in [0.25, 0.3) is 0 Å². The summed E-state index contributed by atoms with van der Waals surface area (Å²) in [6.07, 6.45) is 0.221. The summed E-state index contributed by atoms with van der Waals surface area (Å²) < 4.78 is 10.5. The Morgan fingerprint density at radius 2 is 1.66 bits per heavy atom. The van der Waals surface area contributed by atoms with Crippen LogP contribution in [0.2, 0.25) is 0 Å². The van der Waals surface area contributed by atoms with Crippen molar-refractivity contribution < 1.29 is 19.1 Å². The number of carbonyl (C=O) groups is 2. The lowest BCUT2D eigenvalue weighted by Gasteiger charge is -2.21. The third-order valence-corrected chi connectivity index (χ3v) is 4.75. The summed E-state index contributed by atoms with van der Waals surface area (Å²) in [6, 6.07) is 13.4. The molecule has 0 saturated heterocycles. The molecule has 0 aliphatic rings. The van der Waals surface area contributed by atoms with Crippen LogP contribution in [0.5, 0.6) is 11.5 Å². The highest BCUT2D eigenvalue weighted by Crippen LogP contribution is 2.27. The van der Waals surface area contributed by atoms with Crippen molar-refractivity contribution in [2.24, 2.45) is 0 Å². The number of methoxy groups -OCH3 is 2. The van der Waals surface area contributed by atoms with Crippen LogP contribution in [0.4, 0.5) is 5.69 Å². The molecule has 29 heavy (non-hydrogen) atoms. The summed E-state index contributed by atoms with van der Waals surface area (Å²) in [5.74, 6) is 1.48. The van der Waals surface area contributed by atoms with Crippen LogP contribution < -0.4 is 19.7 Å². The van der Waals surface area contributed by atoms with Crippen molar-refractivity contribution >= 4 is 17.5 Å². The maximum Gasteiger partial charge on any atom is 0.223 e. The maximum atomic E-state index is 12.3. The van der Waals surface area contributed by atoms with Crippen molar-refractivity contribution in [3.8, 4) is 11.5 Å². The number of anilines is 1. The van der Waals surface area contributed by atoms with Gasteiger partial charge in [0.2, 0.25) is 11.8 Å². The van der Waals surface area contributed by atoms with Crippen LogP contribution >= 0.6 is 0 Å². The minimum Gasteiger partial charge on any atom is -0.493 e. The van der Waals surface area contributed by atoms with Crippen LogP contribution in [-0.4, -0.2) is 32.6 Å². The number of hydrogen-bond acceptors (Lipinski definition) is 4. The average Bonchev–Trinajstić information content (AvgIpc) is 2.72. The van der Waals surface area contributed by atoms with Gasteiger partial charge in [0.1, 0.15) is 0 Å². The first-order chi connectivity index (χ1) is 13.8. The van der Waals surface area contributed by atoms with E-state index < -0.39 is 0 Å². The molecular formula is C23H30N2O4. The second-order valence-electron chi connectivity index (χ2n) is 7.13. The predicted molar refractivity (Wildman–Crippen MR) is 115 cm³/mol. The summed E-state index contributed by atoms with van der Waals surface area (Å²) in [5.41, 5.74) is 2.92. The molecule has 2 aromatic rings. The van der Waals surface area contributed by atoms with Gasteiger partial charge in [0.25, 0.3) is 0 Å². The van der Waals surface area contributed by atoms with E-state index in [0.29, 0.717) is 30.5 Å². The Kier molecular flexibility index (Phi) is 8.07. The molecule has 0 heterocycles. The topological polar surface area (TPSA) is 67.9 Å². The Morgan fingerprint density at radius 3 is 2.21 bits per heavy atom. The normalized spacial score (nSPS) is 10.6. The first-order valence-electron chi connectivity index (χ1n) is 9.71. The molecule has 2 aromatic carbocycles. The number of nitrogens with zero attached hydrogens (tertiary/aromatic N) is 1. The van der Waals surface area contributed by atoms with Gasteiger partial charge >= 0.3 is 0 Å². The highest BCUT2D eigenvalue weighted by molar-refractivity contribution is 5.92. The van der Waals surface area contributed by atoms with E-state index >= 15 is 0 Å². The molecule has 0 aliphatic heterocycles. The van der Waals surface area contributed by atoms with Crippen LogP contribution in [0.3, 0.4) is 0 Å². The van der Waals surface area contributed by atoms with Crippen molar-refractivity contribution in [1.29, 1.82) is 0 Å². The zero-order valence-electron chi connectivity index (χ0n) is 17.8. The highest BCUT2D eigenvalue weighted by Gasteiger charge is 2.14. The van der Waals surface area contributed by atoms with E-state index in [4.69, 9.17) is 9.47 Å². The number of amides is 2. The highest BCUT2D eigenvalue weighted by atomic mass is 16.5. The fourth-order valence-corrected chi connectivity index (χ4v) is 3.00. The summed E-state index contributed by atoms with van der Waals surface area (Å²) in [6.45, 7) is 6.47. The van der Waals surface area contributed by atoms with Gasteiger partial charge in [0.05, 0.1) is 14.2 Å². The van der Waals surface area contributed by atoms with Crippen LogP contribution in [0.1, 0.15) is 44.2 Å². The number of benzene rings is 2. The number of rotatable bonds is 9. The van der Waals surface area contributed by atoms with Crippen molar-refractivity contribution in [3.63, 3.8) is 0 Å². The Morgan fingerprint density at radius 1 is 1.00 bits per heavy atom. The molecule has 6 heteroatoms. The van der Waals surface area contributed by atoms with Gasteiger partial charge in [0, 0.05) is 32.1 Å². The lowest BCUT2D eigenvalue weighted by atomic mass is 10.0. The van der Waals surface area contributed by atoms with E-state index in [9.17, 15) is 9.59 Å². The Balaban J connectivity index is 1.93. The van der Waals surface area contributed by atoms with Crippen molar-refractivity contribution in [2.45, 2.75) is 39.7 Å². The molecule has 0 bridgehead atoms. The number of hydrogen-bond donors (Lipinski definition) is 1. The molecule has 0 radical (unpaired) electrons. The maximum absolute atomic E-state index is 12.3. The quantitative estimate of drug-likeness (QED) is 0.696. The minimum atomic E-state index is -0.121. The SMILES string of the molecule is COc1ccc(CNC(=O)CCN(C(C)=O)c2ccc(C(C)C)cc2)cc1OC. The van der Waals surface area contributed by atoms with Gasteiger partial charge in [-0.2, -0.15) is 0 Å². The van der Waals surface area contributed by atoms with Crippen molar-refractivity contribution in [1.82, 2.24) is 5.32 Å². The van der Waals surface area contributed by atoms with Gasteiger partial charge in [-0.15, -0.1) is 0 Å². The van der Waals surface area contributed by atoms with E-state index in [1.165, 1.54) is 12.5 Å². The zero-order valence-corrected chi connectivity index (χ0v) is 17.8. The minimum absolute atomic E-state index is 0.0880. The molecule has 0 aromatic heterocycles. The van der Waals surface area contributed by atoms with Crippen LogP contribution in [0, 0.1) is 0 Å². The van der Waals surface area contributed by atoms with Gasteiger partial charge in [-0.05, 0) is 41.3 Å². The van der Waals surface area contributed by atoms with Crippen molar-refractivity contribution in [3.05, 3.63) is 53.6 Å². The summed E-state index contributed by atoms with van der Waals surface area (Å²) in [4.78, 5) is 26.0. The lowest BCUT2D eigenvalue weighted by molar-refractivity contribution is -0.121. The van der Waals surface area contributed by atoms with Crippen LogP contribution in [-0.2, 0) is 16.1 Å². The van der Waals surface area contributed by atoms with E-state index in [1.54, 1.807) is 25.2 Å². The van der Waals surface area contributed by atoms with E-state index in [0.717, 1.165) is 11.3 Å². The van der Waals surface area contributed by atoms with Gasteiger partial charge < -0.3 is 19.7 Å². The molecule has 0 spiro atoms. The molecule has 0 unspecified atom stereocenters. The van der Waals surface area contributed by atoms with Crippen molar-refractivity contribution in [2.75, 3.05) is 25.7 Å². The van der Waals surface area contributed by atoms with E-state index in [-0.39, 0.29) is 18.2 Å². The summed E-state index contributed by atoms with van der Waals surface area (Å²) in [5, 5.41) is 2.88. The Hall–Kier alpha value is -3.02. The summed E-state index contributed by atoms with van der Waals surface area (Å²) >= 11 is 0. The second kappa shape index (κ2) is 10.5. The van der Waals surface area contributed by atoms with E-state index in [2.05, 4.69) is 19.2 Å².